The molecule has 2 N–H and O–H groups in total. The van der Waals surface area contributed by atoms with Gasteiger partial charge in [0.25, 0.3) is 0 Å². The zero-order valence-electron chi connectivity index (χ0n) is 10.7. The van der Waals surface area contributed by atoms with Gasteiger partial charge in [-0.1, -0.05) is 20.3 Å². The van der Waals surface area contributed by atoms with Crippen molar-refractivity contribution in [3.63, 3.8) is 0 Å². The van der Waals surface area contributed by atoms with Crippen LogP contribution >= 0.6 is 0 Å². The van der Waals surface area contributed by atoms with Gasteiger partial charge in [0.1, 0.15) is 6.04 Å². The molecule has 5 heteroatoms. The van der Waals surface area contributed by atoms with Gasteiger partial charge < -0.3 is 15.4 Å². The Bertz CT molecular complexity index is 243. The van der Waals surface area contributed by atoms with Crippen molar-refractivity contribution in [3.05, 3.63) is 0 Å². The van der Waals surface area contributed by atoms with Gasteiger partial charge in [0.05, 0.1) is 13.2 Å². The van der Waals surface area contributed by atoms with Crippen LogP contribution in [0, 0.1) is 5.92 Å². The van der Waals surface area contributed by atoms with Gasteiger partial charge in [0.15, 0.2) is 0 Å². The molecule has 0 fully saturated rings. The molecule has 0 aliphatic heterocycles. The molecule has 0 rings (SSSR count). The number of amides is 1. The smallest absolute Gasteiger partial charge is 0.328 e. The molecule has 0 aromatic rings. The maximum atomic E-state index is 11.6. The van der Waals surface area contributed by atoms with E-state index in [0.29, 0.717) is 0 Å². The van der Waals surface area contributed by atoms with E-state index in [9.17, 15) is 9.59 Å². The van der Waals surface area contributed by atoms with Crippen LogP contribution in [0.4, 0.5) is 0 Å². The van der Waals surface area contributed by atoms with Crippen molar-refractivity contribution in [1.29, 1.82) is 0 Å². The molecule has 0 bridgehead atoms. The van der Waals surface area contributed by atoms with Gasteiger partial charge in [0.2, 0.25) is 5.91 Å². The highest BCUT2D eigenvalue weighted by atomic mass is 16.5. The third-order valence-corrected chi connectivity index (χ3v) is 2.79. The predicted octanol–water partition coefficient (Wildman–Crippen LogP) is 0.298. The minimum absolute atomic E-state index is 0.0560. The van der Waals surface area contributed by atoms with Crippen LogP contribution in [0.25, 0.3) is 0 Å². The largest absolute Gasteiger partial charge is 0.467 e. The summed E-state index contributed by atoms with van der Waals surface area (Å²) in [5.74, 6) is -0.537. The summed E-state index contributed by atoms with van der Waals surface area (Å²) in [6, 6.07) is -0.894. The average Bonchev–Trinajstić information content (AvgIpc) is 2.32. The summed E-state index contributed by atoms with van der Waals surface area (Å²) in [7, 11) is 3.02. The summed E-state index contributed by atoms with van der Waals surface area (Å²) in [6.07, 6.45) is 0.800. The number of methoxy groups -OCH3 is 1. The van der Waals surface area contributed by atoms with E-state index in [1.807, 2.05) is 13.8 Å². The van der Waals surface area contributed by atoms with Gasteiger partial charge in [-0.2, -0.15) is 0 Å². The summed E-state index contributed by atoms with van der Waals surface area (Å²) < 4.78 is 4.68. The first-order valence-corrected chi connectivity index (χ1v) is 5.53. The van der Waals surface area contributed by atoms with Crippen molar-refractivity contribution in [1.82, 2.24) is 10.6 Å². The number of ether oxygens (including phenoxy) is 1. The van der Waals surface area contributed by atoms with Crippen molar-refractivity contribution < 1.29 is 14.3 Å². The topological polar surface area (TPSA) is 67.4 Å². The molecule has 16 heavy (non-hydrogen) atoms. The normalized spacial score (nSPS) is 16.1. The number of likely N-dealkylation sites (N-methyl/N-ethyl adjacent to an activating group) is 1. The average molecular weight is 230 g/mol. The Morgan fingerprint density at radius 3 is 2.25 bits per heavy atom. The first kappa shape index (κ1) is 14.9. The van der Waals surface area contributed by atoms with Gasteiger partial charge in [-0.3, -0.25) is 4.79 Å². The molecule has 5 nitrogen and oxygen atoms in total. The van der Waals surface area contributed by atoms with E-state index in [-0.39, 0.29) is 17.9 Å². The lowest BCUT2D eigenvalue weighted by Gasteiger charge is -2.23. The molecule has 0 aliphatic rings. The van der Waals surface area contributed by atoms with E-state index in [4.69, 9.17) is 0 Å². The molecule has 0 saturated heterocycles. The number of hydrogen-bond donors (Lipinski definition) is 2. The molecular formula is C11H22N2O3. The zero-order chi connectivity index (χ0) is 12.7. The zero-order valence-corrected chi connectivity index (χ0v) is 10.7. The third kappa shape index (κ3) is 4.18. The lowest BCUT2D eigenvalue weighted by Crippen LogP contribution is -2.51. The maximum absolute atomic E-state index is 11.6. The molecule has 94 valence electrons. The van der Waals surface area contributed by atoms with Gasteiger partial charge >= 0.3 is 5.97 Å². The molecule has 1 amide bonds. The minimum Gasteiger partial charge on any atom is -0.467 e. The predicted molar refractivity (Wildman–Crippen MR) is 61.9 cm³/mol. The SMILES string of the molecule is CCC(C)C(NC(=O)C(C)NC)C(=O)OC. The fourth-order valence-corrected chi connectivity index (χ4v) is 1.21. The molecule has 0 heterocycles. The standard InChI is InChI=1S/C11H22N2O3/c1-6-7(2)9(11(15)16-5)13-10(14)8(3)12-4/h7-9,12H,6H2,1-5H3,(H,13,14). The highest BCUT2D eigenvalue weighted by Crippen LogP contribution is 2.09. The third-order valence-electron chi connectivity index (χ3n) is 2.79. The number of carbonyl (C=O) groups is 2. The van der Waals surface area contributed by atoms with E-state index < -0.39 is 12.0 Å². The van der Waals surface area contributed by atoms with Crippen LogP contribution < -0.4 is 10.6 Å². The lowest BCUT2D eigenvalue weighted by molar-refractivity contribution is -0.146. The fourth-order valence-electron chi connectivity index (χ4n) is 1.21. The van der Waals surface area contributed by atoms with Crippen LogP contribution in [0.2, 0.25) is 0 Å². The quantitative estimate of drug-likeness (QED) is 0.644. The van der Waals surface area contributed by atoms with E-state index in [1.165, 1.54) is 7.11 Å². The van der Waals surface area contributed by atoms with Crippen molar-refractivity contribution in [3.8, 4) is 0 Å². The highest BCUT2D eigenvalue weighted by molar-refractivity contribution is 5.87. The number of nitrogens with one attached hydrogen (secondary N) is 2. The molecule has 0 radical (unpaired) electrons. The van der Waals surface area contributed by atoms with Gasteiger partial charge in [-0.25, -0.2) is 4.79 Å². The van der Waals surface area contributed by atoms with Crippen molar-refractivity contribution >= 4 is 11.9 Å². The first-order chi connectivity index (χ1) is 7.47. The number of carbonyl (C=O) groups excluding carboxylic acids is 2. The first-order valence-electron chi connectivity index (χ1n) is 5.53. The Kier molecular flexibility index (Phi) is 6.72. The Morgan fingerprint density at radius 2 is 1.88 bits per heavy atom. The number of hydrogen-bond acceptors (Lipinski definition) is 4. The number of esters is 1. The van der Waals surface area contributed by atoms with Crippen LogP contribution in [0.3, 0.4) is 0 Å². The molecule has 0 spiro atoms. The molecule has 0 aliphatic carbocycles. The lowest BCUT2D eigenvalue weighted by atomic mass is 9.99. The summed E-state index contributed by atoms with van der Waals surface area (Å²) in [5.41, 5.74) is 0. The molecule has 0 aromatic carbocycles. The van der Waals surface area contributed by atoms with E-state index in [0.717, 1.165) is 6.42 Å². The molecule has 0 aromatic heterocycles. The second-order valence-electron chi connectivity index (χ2n) is 3.91. The summed E-state index contributed by atoms with van der Waals surface area (Å²) in [4.78, 5) is 23.1. The van der Waals surface area contributed by atoms with Gasteiger partial charge in [-0.15, -0.1) is 0 Å². The van der Waals surface area contributed by atoms with E-state index >= 15 is 0 Å². The van der Waals surface area contributed by atoms with Crippen LogP contribution in [0.5, 0.6) is 0 Å². The van der Waals surface area contributed by atoms with Crippen LogP contribution in [-0.4, -0.2) is 38.1 Å². The summed E-state index contributed by atoms with van der Waals surface area (Å²) in [6.45, 7) is 5.61. The Labute approximate surface area is 96.9 Å². The molecule has 0 saturated carbocycles. The van der Waals surface area contributed by atoms with Gasteiger partial charge in [0, 0.05) is 0 Å². The maximum Gasteiger partial charge on any atom is 0.328 e. The van der Waals surface area contributed by atoms with Crippen LogP contribution in [0.15, 0.2) is 0 Å². The Hall–Kier alpha value is -1.10. The summed E-state index contributed by atoms with van der Waals surface area (Å²) in [5, 5.41) is 5.51. The number of rotatable bonds is 6. The van der Waals surface area contributed by atoms with Crippen molar-refractivity contribution in [2.24, 2.45) is 5.92 Å². The van der Waals surface area contributed by atoms with Gasteiger partial charge in [-0.05, 0) is 19.9 Å². The Morgan fingerprint density at radius 1 is 1.31 bits per heavy atom. The van der Waals surface area contributed by atoms with Crippen molar-refractivity contribution in [2.75, 3.05) is 14.2 Å². The van der Waals surface area contributed by atoms with Crippen LogP contribution in [0.1, 0.15) is 27.2 Å². The fraction of sp³-hybridized carbons (Fsp3) is 0.818. The van der Waals surface area contributed by atoms with Crippen molar-refractivity contribution in [2.45, 2.75) is 39.3 Å². The van der Waals surface area contributed by atoms with E-state index in [2.05, 4.69) is 15.4 Å². The summed E-state index contributed by atoms with van der Waals surface area (Å²) >= 11 is 0. The van der Waals surface area contributed by atoms with Crippen LogP contribution in [-0.2, 0) is 14.3 Å². The molecule has 3 unspecified atom stereocenters. The highest BCUT2D eigenvalue weighted by Gasteiger charge is 2.27. The minimum atomic E-state index is -0.571. The molecular weight excluding hydrogens is 208 g/mol. The monoisotopic (exact) mass is 230 g/mol. The second kappa shape index (κ2) is 7.22. The molecule has 3 atom stereocenters. The van der Waals surface area contributed by atoms with E-state index in [1.54, 1.807) is 14.0 Å². The Balaban J connectivity index is 4.55. The second-order valence-corrected chi connectivity index (χ2v) is 3.91.